The van der Waals surface area contributed by atoms with Crippen LogP contribution < -0.4 is 10.1 Å². The molecule has 2 nitrogen and oxygen atoms in total. The van der Waals surface area contributed by atoms with E-state index in [0.717, 1.165) is 12.1 Å². The molecule has 0 bridgehead atoms. The van der Waals surface area contributed by atoms with E-state index in [4.69, 9.17) is 16.3 Å². The Hall–Kier alpha value is -1.10. The molecule has 0 heterocycles. The Morgan fingerprint density at radius 3 is 2.71 bits per heavy atom. The number of ether oxygens (including phenoxy) is 1. The normalized spacial score (nSPS) is 14.2. The zero-order valence-electron chi connectivity index (χ0n) is 11.2. The highest BCUT2D eigenvalue weighted by atomic mass is 79.9. The van der Waals surface area contributed by atoms with Gasteiger partial charge in [-0.05, 0) is 59.1 Å². The monoisotopic (exact) mass is 369 g/mol. The Morgan fingerprint density at radius 1 is 1.19 bits per heavy atom. The molecule has 1 aliphatic rings. The van der Waals surface area contributed by atoms with Crippen molar-refractivity contribution in [2.24, 2.45) is 0 Å². The van der Waals surface area contributed by atoms with Crippen molar-refractivity contribution in [3.63, 3.8) is 0 Å². The second-order valence-corrected chi connectivity index (χ2v) is 6.37. The van der Waals surface area contributed by atoms with E-state index in [1.807, 2.05) is 12.1 Å². The molecular formula is C16H14BrClFNO. The van der Waals surface area contributed by atoms with Gasteiger partial charge in [-0.25, -0.2) is 4.39 Å². The maximum absolute atomic E-state index is 13.1. The van der Waals surface area contributed by atoms with Crippen molar-refractivity contribution in [3.8, 4) is 11.5 Å². The van der Waals surface area contributed by atoms with Gasteiger partial charge in [0, 0.05) is 23.2 Å². The van der Waals surface area contributed by atoms with Gasteiger partial charge in [0.2, 0.25) is 0 Å². The minimum atomic E-state index is -0.309. The van der Waals surface area contributed by atoms with Gasteiger partial charge in [-0.1, -0.05) is 17.7 Å². The van der Waals surface area contributed by atoms with E-state index in [1.165, 1.54) is 25.0 Å². The van der Waals surface area contributed by atoms with Gasteiger partial charge in [-0.2, -0.15) is 0 Å². The van der Waals surface area contributed by atoms with Gasteiger partial charge in [0.15, 0.2) is 0 Å². The molecule has 3 rings (SSSR count). The van der Waals surface area contributed by atoms with Crippen molar-refractivity contribution in [3.05, 3.63) is 57.3 Å². The van der Waals surface area contributed by atoms with E-state index in [2.05, 4.69) is 21.2 Å². The molecule has 2 aromatic rings. The number of nitrogens with one attached hydrogen (secondary N) is 1. The fourth-order valence-corrected chi connectivity index (χ4v) is 2.58. The smallest absolute Gasteiger partial charge is 0.141 e. The first-order chi connectivity index (χ1) is 10.1. The van der Waals surface area contributed by atoms with Crippen LogP contribution in [-0.2, 0) is 6.54 Å². The first kappa shape index (κ1) is 14.8. The first-order valence-electron chi connectivity index (χ1n) is 6.76. The topological polar surface area (TPSA) is 21.3 Å². The van der Waals surface area contributed by atoms with Crippen LogP contribution in [-0.4, -0.2) is 6.04 Å². The summed E-state index contributed by atoms with van der Waals surface area (Å²) in [6.07, 6.45) is 2.46. The van der Waals surface area contributed by atoms with Crippen LogP contribution >= 0.6 is 27.5 Å². The lowest BCUT2D eigenvalue weighted by Crippen LogP contribution is -2.15. The van der Waals surface area contributed by atoms with Crippen LogP contribution in [0.4, 0.5) is 4.39 Å². The lowest BCUT2D eigenvalue weighted by molar-refractivity contribution is 0.467. The van der Waals surface area contributed by atoms with Gasteiger partial charge in [0.05, 0.1) is 4.47 Å². The molecule has 5 heteroatoms. The predicted octanol–water partition coefficient (Wildman–Crippen LogP) is 5.29. The molecule has 1 fully saturated rings. The molecule has 0 aromatic heterocycles. The van der Waals surface area contributed by atoms with Crippen molar-refractivity contribution < 1.29 is 9.13 Å². The Labute approximate surface area is 136 Å². The highest BCUT2D eigenvalue weighted by molar-refractivity contribution is 9.10. The summed E-state index contributed by atoms with van der Waals surface area (Å²) in [7, 11) is 0. The van der Waals surface area contributed by atoms with Crippen molar-refractivity contribution >= 4 is 27.5 Å². The van der Waals surface area contributed by atoms with E-state index >= 15 is 0 Å². The minimum Gasteiger partial charge on any atom is -0.456 e. The molecular weight excluding hydrogens is 357 g/mol. The average Bonchev–Trinajstić information content (AvgIpc) is 3.25. The van der Waals surface area contributed by atoms with Crippen LogP contribution in [0.15, 0.2) is 40.9 Å². The Morgan fingerprint density at radius 2 is 2.00 bits per heavy atom. The Balaban J connectivity index is 1.83. The van der Waals surface area contributed by atoms with Crippen LogP contribution in [0.3, 0.4) is 0 Å². The van der Waals surface area contributed by atoms with E-state index < -0.39 is 0 Å². The van der Waals surface area contributed by atoms with E-state index in [1.54, 1.807) is 12.1 Å². The van der Waals surface area contributed by atoms with Gasteiger partial charge in [-0.3, -0.25) is 0 Å². The standard InChI is InChI=1S/C16H14BrClFNO/c17-14-8-12(19)3-6-15(14)21-16-7-11(18)2-1-10(16)9-20-13-4-5-13/h1-3,6-8,13,20H,4-5,9H2. The van der Waals surface area contributed by atoms with Crippen LogP contribution in [0.25, 0.3) is 0 Å². The molecule has 0 unspecified atom stereocenters. The maximum Gasteiger partial charge on any atom is 0.141 e. The SMILES string of the molecule is Fc1ccc(Oc2cc(Cl)ccc2CNC2CC2)c(Br)c1. The van der Waals surface area contributed by atoms with Gasteiger partial charge in [0.1, 0.15) is 17.3 Å². The summed E-state index contributed by atoms with van der Waals surface area (Å²) in [5, 5.41) is 4.06. The second-order valence-electron chi connectivity index (χ2n) is 5.08. The van der Waals surface area contributed by atoms with Crippen LogP contribution in [0.1, 0.15) is 18.4 Å². The molecule has 0 saturated heterocycles. The Kier molecular flexibility index (Phi) is 4.48. The molecule has 0 spiro atoms. The summed E-state index contributed by atoms with van der Waals surface area (Å²) in [5.41, 5.74) is 1.03. The third-order valence-corrected chi connectivity index (χ3v) is 4.16. The molecule has 0 radical (unpaired) electrons. The third-order valence-electron chi connectivity index (χ3n) is 3.30. The average molecular weight is 371 g/mol. The van der Waals surface area contributed by atoms with E-state index in [9.17, 15) is 4.39 Å². The highest BCUT2D eigenvalue weighted by Gasteiger charge is 2.20. The molecule has 2 aromatic carbocycles. The largest absolute Gasteiger partial charge is 0.456 e. The minimum absolute atomic E-state index is 0.309. The number of benzene rings is 2. The zero-order valence-corrected chi connectivity index (χ0v) is 13.5. The summed E-state index contributed by atoms with van der Waals surface area (Å²) in [4.78, 5) is 0. The lowest BCUT2D eigenvalue weighted by atomic mass is 10.2. The van der Waals surface area contributed by atoms with Crippen molar-refractivity contribution in [2.75, 3.05) is 0 Å². The molecule has 1 aliphatic carbocycles. The summed E-state index contributed by atoms with van der Waals surface area (Å²) >= 11 is 9.36. The number of rotatable bonds is 5. The fourth-order valence-electron chi connectivity index (χ4n) is 1.99. The number of hydrogen-bond acceptors (Lipinski definition) is 2. The highest BCUT2D eigenvalue weighted by Crippen LogP contribution is 2.34. The Bertz CT molecular complexity index is 661. The first-order valence-corrected chi connectivity index (χ1v) is 7.93. The third kappa shape index (κ3) is 3.96. The van der Waals surface area contributed by atoms with Gasteiger partial charge < -0.3 is 10.1 Å². The van der Waals surface area contributed by atoms with Crippen molar-refractivity contribution in [2.45, 2.75) is 25.4 Å². The molecule has 21 heavy (non-hydrogen) atoms. The van der Waals surface area contributed by atoms with Crippen LogP contribution in [0, 0.1) is 5.82 Å². The molecule has 0 amide bonds. The molecule has 110 valence electrons. The van der Waals surface area contributed by atoms with E-state index in [-0.39, 0.29) is 5.82 Å². The van der Waals surface area contributed by atoms with Gasteiger partial charge in [-0.15, -0.1) is 0 Å². The summed E-state index contributed by atoms with van der Waals surface area (Å²) in [6, 6.07) is 10.5. The van der Waals surface area contributed by atoms with Gasteiger partial charge in [0.25, 0.3) is 0 Å². The zero-order chi connectivity index (χ0) is 14.8. The molecule has 0 aliphatic heterocycles. The van der Waals surface area contributed by atoms with Crippen LogP contribution in [0.2, 0.25) is 5.02 Å². The fraction of sp³-hybridized carbons (Fsp3) is 0.250. The lowest BCUT2D eigenvalue weighted by Gasteiger charge is -2.13. The summed E-state index contributed by atoms with van der Waals surface area (Å²) in [5.74, 6) is 0.935. The maximum atomic E-state index is 13.1. The second kappa shape index (κ2) is 6.34. The summed E-state index contributed by atoms with van der Waals surface area (Å²) < 4.78 is 19.6. The van der Waals surface area contributed by atoms with Crippen LogP contribution in [0.5, 0.6) is 11.5 Å². The number of hydrogen-bond donors (Lipinski definition) is 1. The van der Waals surface area contributed by atoms with E-state index in [0.29, 0.717) is 27.0 Å². The molecule has 0 atom stereocenters. The summed E-state index contributed by atoms with van der Waals surface area (Å²) in [6.45, 7) is 0.732. The quantitative estimate of drug-likeness (QED) is 0.772. The van der Waals surface area contributed by atoms with Crippen molar-refractivity contribution in [1.82, 2.24) is 5.32 Å². The number of halogens is 3. The predicted molar refractivity (Wildman–Crippen MR) is 85.5 cm³/mol. The van der Waals surface area contributed by atoms with Crippen molar-refractivity contribution in [1.29, 1.82) is 0 Å². The van der Waals surface area contributed by atoms with Gasteiger partial charge >= 0.3 is 0 Å². The molecule has 1 saturated carbocycles. The molecule has 1 N–H and O–H groups in total.